The molecule has 1 N–H and O–H groups in total. The molecule has 0 saturated carbocycles. The molecule has 0 amide bonds. The third kappa shape index (κ3) is 2.35. The standard InChI is InChI=1S/C24H27N3O/c1-15-19-14-27-12-11-18-23-17(16-7-4-3-5-8-16)9-6-10-20(23)25-24(18)22(27)13-21(19)26(2)28-15/h3-10,15,19,21-22,25H,11-14H2,1-2H3/t15-,19-,21-,22-/m0/s1. The summed E-state index contributed by atoms with van der Waals surface area (Å²) in [4.78, 5) is 12.6. The monoisotopic (exact) mass is 373 g/mol. The molecule has 0 unspecified atom stereocenters. The highest BCUT2D eigenvalue weighted by Crippen LogP contribution is 2.46. The van der Waals surface area contributed by atoms with Crippen molar-refractivity contribution in [1.29, 1.82) is 0 Å². The number of nitrogens with zero attached hydrogens (tertiary/aromatic N) is 2. The van der Waals surface area contributed by atoms with E-state index in [4.69, 9.17) is 4.84 Å². The number of fused-ring (bicyclic) bond motifs is 6. The Balaban J connectivity index is 1.46. The highest BCUT2D eigenvalue weighted by molar-refractivity contribution is 5.98. The van der Waals surface area contributed by atoms with Crippen LogP contribution in [0.4, 0.5) is 0 Å². The van der Waals surface area contributed by atoms with E-state index in [0.717, 1.165) is 25.9 Å². The molecule has 4 heterocycles. The maximum Gasteiger partial charge on any atom is 0.0821 e. The van der Waals surface area contributed by atoms with Crippen molar-refractivity contribution >= 4 is 10.9 Å². The number of nitrogens with one attached hydrogen (secondary N) is 1. The summed E-state index contributed by atoms with van der Waals surface area (Å²) < 4.78 is 0. The van der Waals surface area contributed by atoms with Crippen LogP contribution in [0.2, 0.25) is 0 Å². The maximum atomic E-state index is 6.03. The van der Waals surface area contributed by atoms with Crippen LogP contribution in [0.1, 0.15) is 30.6 Å². The molecule has 28 heavy (non-hydrogen) atoms. The van der Waals surface area contributed by atoms with Gasteiger partial charge in [-0.05, 0) is 42.5 Å². The van der Waals surface area contributed by atoms with Crippen LogP contribution in [0, 0.1) is 5.92 Å². The van der Waals surface area contributed by atoms with E-state index in [1.807, 2.05) is 0 Å². The van der Waals surface area contributed by atoms with Gasteiger partial charge in [0.2, 0.25) is 0 Å². The molecule has 0 radical (unpaired) electrons. The van der Waals surface area contributed by atoms with Gasteiger partial charge in [-0.3, -0.25) is 9.74 Å². The molecule has 3 aliphatic heterocycles. The van der Waals surface area contributed by atoms with Crippen LogP contribution in [-0.4, -0.2) is 47.2 Å². The predicted octanol–water partition coefficient (Wildman–Crippen LogP) is 4.39. The molecule has 0 aliphatic carbocycles. The van der Waals surface area contributed by atoms with Gasteiger partial charge in [0.05, 0.1) is 12.1 Å². The van der Waals surface area contributed by atoms with Gasteiger partial charge in [-0.25, -0.2) is 0 Å². The lowest BCUT2D eigenvalue weighted by atomic mass is 9.81. The van der Waals surface area contributed by atoms with Gasteiger partial charge in [0, 0.05) is 48.7 Å². The van der Waals surface area contributed by atoms with Crippen molar-refractivity contribution in [1.82, 2.24) is 14.9 Å². The van der Waals surface area contributed by atoms with Crippen LogP contribution in [0.5, 0.6) is 0 Å². The van der Waals surface area contributed by atoms with Gasteiger partial charge in [-0.2, -0.15) is 5.06 Å². The Hall–Kier alpha value is -2.14. The summed E-state index contributed by atoms with van der Waals surface area (Å²) in [5.41, 5.74) is 6.91. The summed E-state index contributed by atoms with van der Waals surface area (Å²) >= 11 is 0. The second kappa shape index (κ2) is 6.18. The number of benzene rings is 2. The van der Waals surface area contributed by atoms with Crippen molar-refractivity contribution in [3.63, 3.8) is 0 Å². The summed E-state index contributed by atoms with van der Waals surface area (Å²) in [7, 11) is 2.11. The summed E-state index contributed by atoms with van der Waals surface area (Å²) in [5, 5.41) is 3.55. The summed E-state index contributed by atoms with van der Waals surface area (Å²) in [5.74, 6) is 0.618. The molecule has 3 aromatic rings. The molecule has 6 rings (SSSR count). The number of aromatic nitrogens is 1. The Bertz CT molecular complexity index is 1030. The molecule has 1 aromatic heterocycles. The van der Waals surface area contributed by atoms with Gasteiger partial charge in [-0.1, -0.05) is 42.5 Å². The van der Waals surface area contributed by atoms with E-state index in [1.54, 1.807) is 0 Å². The van der Waals surface area contributed by atoms with Crippen LogP contribution in [0.25, 0.3) is 22.0 Å². The first-order chi connectivity index (χ1) is 13.7. The van der Waals surface area contributed by atoms with E-state index in [-0.39, 0.29) is 0 Å². The van der Waals surface area contributed by atoms with Crippen LogP contribution >= 0.6 is 0 Å². The van der Waals surface area contributed by atoms with Gasteiger partial charge in [0.1, 0.15) is 0 Å². The number of rotatable bonds is 1. The SMILES string of the molecule is C[C@@H]1ON(C)[C@H]2C[C@H]3c4[nH]c5cccc(-c6ccccc6)c5c4CCN3C[C@@H]12. The van der Waals surface area contributed by atoms with Crippen molar-refractivity contribution in [3.8, 4) is 11.1 Å². The van der Waals surface area contributed by atoms with E-state index in [9.17, 15) is 0 Å². The first-order valence-electron chi connectivity index (χ1n) is 10.5. The molecule has 0 bridgehead atoms. The zero-order chi connectivity index (χ0) is 18.8. The maximum absolute atomic E-state index is 6.03. The fourth-order valence-corrected chi connectivity index (χ4v) is 5.91. The predicted molar refractivity (Wildman–Crippen MR) is 112 cm³/mol. The summed E-state index contributed by atoms with van der Waals surface area (Å²) in [6.45, 7) is 4.51. The zero-order valence-corrected chi connectivity index (χ0v) is 16.6. The van der Waals surface area contributed by atoms with E-state index in [2.05, 4.69) is 77.4 Å². The van der Waals surface area contributed by atoms with Gasteiger partial charge >= 0.3 is 0 Å². The molecule has 2 saturated heterocycles. The normalized spacial score (nSPS) is 30.2. The minimum absolute atomic E-state index is 0.324. The van der Waals surface area contributed by atoms with E-state index in [0.29, 0.717) is 24.1 Å². The fourth-order valence-electron chi connectivity index (χ4n) is 5.91. The molecular formula is C24H27N3O. The van der Waals surface area contributed by atoms with Gasteiger partial charge < -0.3 is 4.98 Å². The highest BCUT2D eigenvalue weighted by Gasteiger charge is 2.48. The molecule has 144 valence electrons. The first kappa shape index (κ1) is 16.8. The molecule has 3 aliphatic rings. The van der Waals surface area contributed by atoms with Crippen molar-refractivity contribution in [2.24, 2.45) is 5.92 Å². The Kier molecular flexibility index (Phi) is 3.70. The van der Waals surface area contributed by atoms with Crippen LogP contribution in [0.15, 0.2) is 48.5 Å². The Labute approximate surface area is 166 Å². The fraction of sp³-hybridized carbons (Fsp3) is 0.417. The van der Waals surface area contributed by atoms with Gasteiger partial charge in [0.15, 0.2) is 0 Å². The van der Waals surface area contributed by atoms with E-state index < -0.39 is 0 Å². The third-order valence-corrected chi connectivity index (χ3v) is 7.28. The summed E-state index contributed by atoms with van der Waals surface area (Å²) in [6, 6.07) is 18.5. The molecule has 4 atom stereocenters. The Morgan fingerprint density at radius 3 is 2.79 bits per heavy atom. The molecule has 2 aromatic carbocycles. The number of H-pyrrole nitrogens is 1. The molecular weight excluding hydrogens is 346 g/mol. The number of piperidine rings is 1. The first-order valence-corrected chi connectivity index (χ1v) is 10.5. The van der Waals surface area contributed by atoms with Crippen LogP contribution in [-0.2, 0) is 11.3 Å². The molecule has 4 nitrogen and oxygen atoms in total. The summed E-state index contributed by atoms with van der Waals surface area (Å²) in [6.07, 6.45) is 2.59. The highest BCUT2D eigenvalue weighted by atomic mass is 16.7. The van der Waals surface area contributed by atoms with E-state index in [1.165, 1.54) is 33.3 Å². The zero-order valence-electron chi connectivity index (χ0n) is 16.6. The minimum atomic E-state index is 0.324. The number of hydrogen-bond acceptors (Lipinski definition) is 3. The van der Waals surface area contributed by atoms with Gasteiger partial charge in [-0.15, -0.1) is 0 Å². The second-order valence-corrected chi connectivity index (χ2v) is 8.70. The number of aromatic amines is 1. The van der Waals surface area contributed by atoms with Crippen LogP contribution < -0.4 is 0 Å². The lowest BCUT2D eigenvalue weighted by Gasteiger charge is -2.44. The molecule has 0 spiro atoms. The van der Waals surface area contributed by atoms with Crippen molar-refractivity contribution in [2.75, 3.05) is 20.1 Å². The molecule has 2 fully saturated rings. The Morgan fingerprint density at radius 2 is 1.93 bits per heavy atom. The third-order valence-electron chi connectivity index (χ3n) is 7.28. The van der Waals surface area contributed by atoms with Crippen molar-refractivity contribution in [2.45, 2.75) is 38.0 Å². The smallest absolute Gasteiger partial charge is 0.0821 e. The number of hydroxylamine groups is 2. The lowest BCUT2D eigenvalue weighted by Crippen LogP contribution is -2.50. The Morgan fingerprint density at radius 1 is 1.07 bits per heavy atom. The van der Waals surface area contributed by atoms with Crippen LogP contribution in [0.3, 0.4) is 0 Å². The minimum Gasteiger partial charge on any atom is -0.357 e. The topological polar surface area (TPSA) is 31.5 Å². The molecule has 4 heteroatoms. The average Bonchev–Trinajstić information content (AvgIpc) is 3.24. The largest absolute Gasteiger partial charge is 0.357 e. The second-order valence-electron chi connectivity index (χ2n) is 8.70. The van der Waals surface area contributed by atoms with Crippen molar-refractivity contribution < 1.29 is 4.84 Å². The average molecular weight is 374 g/mol. The lowest BCUT2D eigenvalue weighted by molar-refractivity contribution is -0.140. The van der Waals surface area contributed by atoms with Crippen molar-refractivity contribution in [3.05, 3.63) is 59.8 Å². The van der Waals surface area contributed by atoms with Gasteiger partial charge in [0.25, 0.3) is 0 Å². The van der Waals surface area contributed by atoms with E-state index >= 15 is 0 Å². The number of hydrogen-bond donors (Lipinski definition) is 1. The quantitative estimate of drug-likeness (QED) is 0.686.